The fourth-order valence-corrected chi connectivity index (χ4v) is 3.67. The standard InChI is InChI=1S/C14H20N4O3S/c1-18(2)10-5-6-12-13(8-10)22(19,20)17-14(16-12)15-9-11-4-3-7-21-11/h5-6,8,11H,3-4,7,9H2,1-2H3,(H2,15,16,17). The molecule has 0 amide bonds. The Morgan fingerprint density at radius 1 is 1.41 bits per heavy atom. The maximum absolute atomic E-state index is 12.4. The molecule has 0 spiro atoms. The number of anilines is 2. The molecule has 2 aliphatic rings. The highest BCUT2D eigenvalue weighted by Gasteiger charge is 2.27. The maximum atomic E-state index is 12.4. The van der Waals surface area contributed by atoms with Crippen LogP contribution in [0, 0.1) is 0 Å². The van der Waals surface area contributed by atoms with E-state index in [1.165, 1.54) is 0 Å². The monoisotopic (exact) mass is 324 g/mol. The Hall–Kier alpha value is -1.80. The van der Waals surface area contributed by atoms with Gasteiger partial charge in [0.05, 0.1) is 18.3 Å². The zero-order valence-electron chi connectivity index (χ0n) is 12.7. The summed E-state index contributed by atoms with van der Waals surface area (Å²) < 4.78 is 32.7. The molecule has 1 aromatic rings. The van der Waals surface area contributed by atoms with Gasteiger partial charge in [0.25, 0.3) is 10.0 Å². The van der Waals surface area contributed by atoms with Crippen LogP contribution in [0.1, 0.15) is 12.8 Å². The lowest BCUT2D eigenvalue weighted by atomic mass is 10.2. The third-order valence-electron chi connectivity index (χ3n) is 3.73. The molecular formula is C14H20N4O3S. The van der Waals surface area contributed by atoms with Crippen LogP contribution >= 0.6 is 0 Å². The van der Waals surface area contributed by atoms with Gasteiger partial charge in [0, 0.05) is 26.4 Å². The molecule has 0 aromatic heterocycles. The van der Waals surface area contributed by atoms with Gasteiger partial charge in [-0.3, -0.25) is 0 Å². The molecule has 120 valence electrons. The average molecular weight is 324 g/mol. The summed E-state index contributed by atoms with van der Waals surface area (Å²) in [6, 6.07) is 5.26. The first-order valence-electron chi connectivity index (χ1n) is 7.23. The van der Waals surface area contributed by atoms with E-state index in [4.69, 9.17) is 4.74 Å². The topological polar surface area (TPSA) is 83.0 Å². The Bertz CT molecular complexity index is 694. The van der Waals surface area contributed by atoms with Crippen molar-refractivity contribution in [3.63, 3.8) is 0 Å². The highest BCUT2D eigenvalue weighted by molar-refractivity contribution is 7.90. The number of hydrogen-bond donors (Lipinski definition) is 2. The molecule has 22 heavy (non-hydrogen) atoms. The fraction of sp³-hybridized carbons (Fsp3) is 0.500. The number of guanidine groups is 1. The van der Waals surface area contributed by atoms with E-state index >= 15 is 0 Å². The van der Waals surface area contributed by atoms with Gasteiger partial charge in [-0.2, -0.15) is 0 Å². The van der Waals surface area contributed by atoms with Gasteiger partial charge >= 0.3 is 0 Å². The summed E-state index contributed by atoms with van der Waals surface area (Å²) in [5, 5.41) is 3.03. The summed E-state index contributed by atoms with van der Waals surface area (Å²) in [5.41, 5.74) is 1.36. The molecule has 0 bridgehead atoms. The molecule has 1 unspecified atom stereocenters. The number of aliphatic imine (C=N–C) groups is 1. The van der Waals surface area contributed by atoms with Gasteiger partial charge in [-0.15, -0.1) is 0 Å². The van der Waals surface area contributed by atoms with E-state index in [0.29, 0.717) is 12.2 Å². The van der Waals surface area contributed by atoms with E-state index < -0.39 is 10.0 Å². The zero-order chi connectivity index (χ0) is 15.7. The predicted molar refractivity (Wildman–Crippen MR) is 86.0 cm³/mol. The third kappa shape index (κ3) is 3.02. The number of hydrogen-bond acceptors (Lipinski definition) is 5. The molecule has 0 aliphatic carbocycles. The second kappa shape index (κ2) is 5.77. The summed E-state index contributed by atoms with van der Waals surface area (Å²) in [5.74, 6) is 0.251. The second-order valence-corrected chi connectivity index (χ2v) is 7.28. The van der Waals surface area contributed by atoms with E-state index in [1.807, 2.05) is 25.1 Å². The van der Waals surface area contributed by atoms with Crippen molar-refractivity contribution in [3.05, 3.63) is 18.2 Å². The molecular weight excluding hydrogens is 304 g/mol. The summed E-state index contributed by atoms with van der Waals surface area (Å²) in [6.07, 6.45) is 2.08. The van der Waals surface area contributed by atoms with Crippen LogP contribution in [-0.4, -0.2) is 47.7 Å². The van der Waals surface area contributed by atoms with Crippen LogP contribution in [0.5, 0.6) is 0 Å². The van der Waals surface area contributed by atoms with Crippen molar-refractivity contribution in [2.75, 3.05) is 37.5 Å². The van der Waals surface area contributed by atoms with Gasteiger partial charge in [0.1, 0.15) is 4.90 Å². The maximum Gasteiger partial charge on any atom is 0.266 e. The van der Waals surface area contributed by atoms with Gasteiger partial charge in [-0.05, 0) is 31.0 Å². The Morgan fingerprint density at radius 2 is 2.23 bits per heavy atom. The minimum Gasteiger partial charge on any atom is -0.378 e. The minimum atomic E-state index is -3.60. The van der Waals surface area contributed by atoms with Crippen molar-refractivity contribution < 1.29 is 13.2 Å². The first kappa shape index (κ1) is 15.1. The van der Waals surface area contributed by atoms with E-state index in [2.05, 4.69) is 15.0 Å². The van der Waals surface area contributed by atoms with Crippen molar-refractivity contribution in [1.29, 1.82) is 0 Å². The normalized spacial score (nSPS) is 24.5. The number of fused-ring (bicyclic) bond motifs is 1. The molecule has 2 heterocycles. The average Bonchev–Trinajstić information content (AvgIpc) is 2.97. The number of rotatable bonds is 3. The van der Waals surface area contributed by atoms with E-state index in [9.17, 15) is 8.42 Å². The predicted octanol–water partition coefficient (Wildman–Crippen LogP) is 0.991. The number of sulfonamides is 1. The Morgan fingerprint density at radius 3 is 2.91 bits per heavy atom. The molecule has 0 saturated carbocycles. The highest BCUT2D eigenvalue weighted by atomic mass is 32.2. The van der Waals surface area contributed by atoms with Gasteiger partial charge < -0.3 is 15.0 Å². The van der Waals surface area contributed by atoms with Crippen molar-refractivity contribution in [2.24, 2.45) is 4.99 Å². The Balaban J connectivity index is 1.85. The van der Waals surface area contributed by atoms with E-state index in [1.54, 1.807) is 12.1 Å². The van der Waals surface area contributed by atoms with E-state index in [0.717, 1.165) is 25.1 Å². The Kier molecular flexibility index (Phi) is 3.96. The molecule has 1 atom stereocenters. The van der Waals surface area contributed by atoms with Gasteiger partial charge in [-0.1, -0.05) is 0 Å². The molecule has 2 aliphatic heterocycles. The van der Waals surface area contributed by atoms with Crippen molar-refractivity contribution in [2.45, 2.75) is 23.8 Å². The van der Waals surface area contributed by atoms with Crippen LogP contribution in [-0.2, 0) is 14.8 Å². The summed E-state index contributed by atoms with van der Waals surface area (Å²) in [7, 11) is 0.131. The van der Waals surface area contributed by atoms with Crippen LogP contribution in [0.2, 0.25) is 0 Å². The van der Waals surface area contributed by atoms with Crippen molar-refractivity contribution in [1.82, 2.24) is 4.72 Å². The fourth-order valence-electron chi connectivity index (χ4n) is 2.50. The molecule has 3 rings (SSSR count). The minimum absolute atomic E-state index is 0.0799. The zero-order valence-corrected chi connectivity index (χ0v) is 13.5. The van der Waals surface area contributed by atoms with Gasteiger partial charge in [0.2, 0.25) is 5.96 Å². The molecule has 2 N–H and O–H groups in total. The molecule has 1 fully saturated rings. The molecule has 7 nitrogen and oxygen atoms in total. The molecule has 8 heteroatoms. The first-order chi connectivity index (χ1) is 10.5. The quantitative estimate of drug-likeness (QED) is 0.866. The molecule has 1 saturated heterocycles. The second-order valence-electron chi connectivity index (χ2n) is 5.63. The van der Waals surface area contributed by atoms with Gasteiger partial charge in [0.15, 0.2) is 0 Å². The van der Waals surface area contributed by atoms with E-state index in [-0.39, 0.29) is 17.0 Å². The number of ether oxygens (including phenoxy) is 1. The van der Waals surface area contributed by atoms with Crippen LogP contribution < -0.4 is 14.9 Å². The van der Waals surface area contributed by atoms with Crippen molar-refractivity contribution >= 4 is 27.4 Å². The lowest BCUT2D eigenvalue weighted by molar-refractivity contribution is 0.118. The first-order valence-corrected chi connectivity index (χ1v) is 8.71. The third-order valence-corrected chi connectivity index (χ3v) is 5.11. The van der Waals surface area contributed by atoms with Crippen molar-refractivity contribution in [3.8, 4) is 0 Å². The largest absolute Gasteiger partial charge is 0.378 e. The lowest BCUT2D eigenvalue weighted by Gasteiger charge is -2.23. The number of nitrogens with zero attached hydrogens (tertiary/aromatic N) is 2. The molecule has 0 radical (unpaired) electrons. The summed E-state index contributed by atoms with van der Waals surface area (Å²) in [4.78, 5) is 6.39. The summed E-state index contributed by atoms with van der Waals surface area (Å²) in [6.45, 7) is 1.21. The van der Waals surface area contributed by atoms with Crippen LogP contribution in [0.4, 0.5) is 11.4 Å². The van der Waals surface area contributed by atoms with Crippen LogP contribution in [0.25, 0.3) is 0 Å². The SMILES string of the molecule is CN(C)c1ccc2c(c1)S(=O)(=O)NC(=NCC1CCCO1)N2. The number of nitrogens with one attached hydrogen (secondary N) is 2. The number of benzene rings is 1. The summed E-state index contributed by atoms with van der Waals surface area (Å²) >= 11 is 0. The van der Waals surface area contributed by atoms with Crippen LogP contribution in [0.15, 0.2) is 28.1 Å². The van der Waals surface area contributed by atoms with Crippen LogP contribution in [0.3, 0.4) is 0 Å². The Labute approximate surface area is 130 Å². The molecule has 1 aromatic carbocycles. The smallest absolute Gasteiger partial charge is 0.266 e. The lowest BCUT2D eigenvalue weighted by Crippen LogP contribution is -2.41. The van der Waals surface area contributed by atoms with Gasteiger partial charge in [-0.25, -0.2) is 18.1 Å². The highest BCUT2D eigenvalue weighted by Crippen LogP contribution is 2.28.